The molecule has 3 rings (SSSR count). The summed E-state index contributed by atoms with van der Waals surface area (Å²) in [5, 5.41) is 0.385. The van der Waals surface area contributed by atoms with Gasteiger partial charge in [-0.05, 0) is 12.0 Å². The van der Waals surface area contributed by atoms with Gasteiger partial charge in [-0.25, -0.2) is 4.98 Å². The van der Waals surface area contributed by atoms with Crippen molar-refractivity contribution in [1.29, 1.82) is 0 Å². The van der Waals surface area contributed by atoms with Crippen LogP contribution in [-0.2, 0) is 0 Å². The molecule has 18 heavy (non-hydrogen) atoms. The molecule has 92 valence electrons. The molecular weight excluding hydrogens is 248 g/mol. The van der Waals surface area contributed by atoms with Crippen LogP contribution in [0.1, 0.15) is 18.0 Å². The predicted molar refractivity (Wildman–Crippen MR) is 72.6 cm³/mol. The summed E-state index contributed by atoms with van der Waals surface area (Å²) in [7, 11) is 0. The maximum atomic E-state index is 5.91. The first kappa shape index (κ1) is 11.3. The van der Waals surface area contributed by atoms with Crippen molar-refractivity contribution in [3.8, 4) is 0 Å². The number of benzene rings is 1. The summed E-state index contributed by atoms with van der Waals surface area (Å²) in [6.45, 7) is 0.965. The normalized spacial score (nSPS) is 18.5. The summed E-state index contributed by atoms with van der Waals surface area (Å²) in [5.41, 5.74) is 6.92. The van der Waals surface area contributed by atoms with Crippen molar-refractivity contribution in [3.05, 3.63) is 47.1 Å². The summed E-state index contributed by atoms with van der Waals surface area (Å²) >= 11 is 5.91. The number of hydrogen-bond acceptors (Lipinski definition) is 4. The van der Waals surface area contributed by atoms with Gasteiger partial charge in [0.25, 0.3) is 0 Å². The molecule has 5 heteroatoms. The average molecular weight is 261 g/mol. The van der Waals surface area contributed by atoms with Gasteiger partial charge in [-0.3, -0.25) is 0 Å². The zero-order chi connectivity index (χ0) is 12.5. The van der Waals surface area contributed by atoms with Crippen LogP contribution in [0.4, 0.5) is 11.8 Å². The molecule has 1 aliphatic heterocycles. The average Bonchev–Trinajstić information content (AvgIpc) is 2.27. The van der Waals surface area contributed by atoms with Gasteiger partial charge >= 0.3 is 0 Å². The molecule has 4 nitrogen and oxygen atoms in total. The molecular formula is C13H13ClN4. The van der Waals surface area contributed by atoms with Crippen LogP contribution in [-0.4, -0.2) is 16.5 Å². The van der Waals surface area contributed by atoms with E-state index in [0.29, 0.717) is 11.2 Å². The Hall–Kier alpha value is -1.81. The van der Waals surface area contributed by atoms with Crippen molar-refractivity contribution in [2.75, 3.05) is 17.2 Å². The fourth-order valence-corrected chi connectivity index (χ4v) is 2.44. The molecule has 1 saturated heterocycles. The number of nitrogen functional groups attached to an aromatic ring is 1. The maximum absolute atomic E-state index is 5.91. The van der Waals surface area contributed by atoms with Gasteiger partial charge in [0.2, 0.25) is 5.95 Å². The maximum Gasteiger partial charge on any atom is 0.223 e. The van der Waals surface area contributed by atoms with Gasteiger partial charge in [-0.15, -0.1) is 0 Å². The zero-order valence-electron chi connectivity index (χ0n) is 9.75. The number of halogens is 1. The highest BCUT2D eigenvalue weighted by atomic mass is 35.5. The molecule has 2 N–H and O–H groups in total. The highest BCUT2D eigenvalue weighted by molar-refractivity contribution is 6.29. The molecule has 0 unspecified atom stereocenters. The Bertz CT molecular complexity index is 538. The van der Waals surface area contributed by atoms with Gasteiger partial charge in [0, 0.05) is 12.6 Å². The number of hydrogen-bond donors (Lipinski definition) is 1. The Morgan fingerprint density at radius 1 is 1.22 bits per heavy atom. The third-order valence-corrected chi connectivity index (χ3v) is 3.39. The SMILES string of the molecule is Nc1nc(Cl)cc(N2CC[C@@H]2c2ccccc2)n1. The van der Waals surface area contributed by atoms with Crippen LogP contribution in [0.15, 0.2) is 36.4 Å². The van der Waals surface area contributed by atoms with Gasteiger partial charge in [0.05, 0.1) is 6.04 Å². The molecule has 0 spiro atoms. The lowest BCUT2D eigenvalue weighted by molar-refractivity contribution is 0.461. The minimum Gasteiger partial charge on any atom is -0.368 e. The highest BCUT2D eigenvalue weighted by Crippen LogP contribution is 2.37. The Morgan fingerprint density at radius 3 is 2.61 bits per heavy atom. The van der Waals surface area contributed by atoms with Crippen LogP contribution in [0.2, 0.25) is 5.15 Å². The summed E-state index contributed by atoms with van der Waals surface area (Å²) in [6.07, 6.45) is 1.12. The molecule has 2 heterocycles. The smallest absolute Gasteiger partial charge is 0.223 e. The number of anilines is 2. The van der Waals surface area contributed by atoms with Crippen molar-refractivity contribution in [1.82, 2.24) is 9.97 Å². The minimum absolute atomic E-state index is 0.219. The first-order valence-electron chi connectivity index (χ1n) is 5.86. The third-order valence-electron chi connectivity index (χ3n) is 3.20. The molecule has 0 radical (unpaired) electrons. The lowest BCUT2D eigenvalue weighted by atomic mass is 9.95. The second kappa shape index (κ2) is 4.46. The van der Waals surface area contributed by atoms with Crippen LogP contribution < -0.4 is 10.6 Å². The first-order chi connectivity index (χ1) is 8.74. The molecule has 1 aromatic carbocycles. The van der Waals surface area contributed by atoms with E-state index < -0.39 is 0 Å². The Balaban J connectivity index is 1.89. The largest absolute Gasteiger partial charge is 0.368 e. The van der Waals surface area contributed by atoms with Gasteiger partial charge in [0.15, 0.2) is 0 Å². The van der Waals surface area contributed by atoms with E-state index in [2.05, 4.69) is 27.0 Å². The summed E-state index contributed by atoms with van der Waals surface area (Å²) < 4.78 is 0. The Labute approximate surface area is 110 Å². The molecule has 1 fully saturated rings. The molecule has 1 aromatic heterocycles. The summed E-state index contributed by atoms with van der Waals surface area (Å²) in [5.74, 6) is 1.02. The van der Waals surface area contributed by atoms with Crippen molar-refractivity contribution in [2.24, 2.45) is 0 Å². The van der Waals surface area contributed by atoms with Crippen LogP contribution in [0.3, 0.4) is 0 Å². The van der Waals surface area contributed by atoms with E-state index in [-0.39, 0.29) is 5.95 Å². The molecule has 2 aromatic rings. The zero-order valence-corrected chi connectivity index (χ0v) is 10.5. The highest BCUT2D eigenvalue weighted by Gasteiger charge is 2.30. The number of nitrogens with two attached hydrogens (primary N) is 1. The monoisotopic (exact) mass is 260 g/mol. The molecule has 1 atom stereocenters. The molecule has 0 saturated carbocycles. The van der Waals surface area contributed by atoms with Crippen LogP contribution in [0.25, 0.3) is 0 Å². The molecule has 0 aliphatic carbocycles. The minimum atomic E-state index is 0.219. The second-order valence-corrected chi connectivity index (χ2v) is 4.70. The topological polar surface area (TPSA) is 55.0 Å². The first-order valence-corrected chi connectivity index (χ1v) is 6.23. The lowest BCUT2D eigenvalue weighted by Gasteiger charge is -2.42. The van der Waals surface area contributed by atoms with Crippen molar-refractivity contribution >= 4 is 23.4 Å². The van der Waals surface area contributed by atoms with E-state index in [0.717, 1.165) is 18.8 Å². The molecule has 0 amide bonds. The molecule has 0 bridgehead atoms. The second-order valence-electron chi connectivity index (χ2n) is 4.32. The number of nitrogens with zero attached hydrogens (tertiary/aromatic N) is 3. The Morgan fingerprint density at radius 2 is 2.00 bits per heavy atom. The fourth-order valence-electron chi connectivity index (χ4n) is 2.25. The van der Waals surface area contributed by atoms with E-state index >= 15 is 0 Å². The van der Waals surface area contributed by atoms with E-state index in [1.807, 2.05) is 18.2 Å². The van der Waals surface area contributed by atoms with E-state index in [9.17, 15) is 0 Å². The van der Waals surface area contributed by atoms with Gasteiger partial charge in [-0.1, -0.05) is 41.9 Å². The Kier molecular flexibility index (Phi) is 2.80. The van der Waals surface area contributed by atoms with Crippen LogP contribution in [0.5, 0.6) is 0 Å². The van der Waals surface area contributed by atoms with E-state index in [1.165, 1.54) is 5.56 Å². The standard InChI is InChI=1S/C13H13ClN4/c14-11-8-12(17-13(15)16-11)18-7-6-10(18)9-4-2-1-3-5-9/h1-5,8,10H,6-7H2,(H2,15,16,17)/t10-/m1/s1. The van der Waals surface area contributed by atoms with Crippen molar-refractivity contribution in [2.45, 2.75) is 12.5 Å². The molecule has 1 aliphatic rings. The van der Waals surface area contributed by atoms with E-state index in [1.54, 1.807) is 6.07 Å². The fraction of sp³-hybridized carbons (Fsp3) is 0.231. The van der Waals surface area contributed by atoms with Crippen LogP contribution in [0, 0.1) is 0 Å². The van der Waals surface area contributed by atoms with E-state index in [4.69, 9.17) is 17.3 Å². The van der Waals surface area contributed by atoms with Gasteiger partial charge < -0.3 is 10.6 Å². The third kappa shape index (κ3) is 1.99. The number of rotatable bonds is 2. The van der Waals surface area contributed by atoms with Crippen molar-refractivity contribution in [3.63, 3.8) is 0 Å². The lowest BCUT2D eigenvalue weighted by Crippen LogP contribution is -2.41. The number of aromatic nitrogens is 2. The van der Waals surface area contributed by atoms with Gasteiger partial charge in [-0.2, -0.15) is 4.98 Å². The van der Waals surface area contributed by atoms with Crippen molar-refractivity contribution < 1.29 is 0 Å². The predicted octanol–water partition coefficient (Wildman–Crippen LogP) is 2.66. The summed E-state index contributed by atoms with van der Waals surface area (Å²) in [4.78, 5) is 10.3. The summed E-state index contributed by atoms with van der Waals surface area (Å²) in [6, 6.07) is 12.5. The van der Waals surface area contributed by atoms with Gasteiger partial charge in [0.1, 0.15) is 11.0 Å². The van der Waals surface area contributed by atoms with Crippen LogP contribution >= 0.6 is 11.6 Å². The quantitative estimate of drug-likeness (QED) is 0.844.